The topological polar surface area (TPSA) is 41.1 Å². The van der Waals surface area contributed by atoms with Gasteiger partial charge >= 0.3 is 0 Å². The van der Waals surface area contributed by atoms with E-state index in [4.69, 9.17) is 6.42 Å². The maximum Gasteiger partial charge on any atom is 0.224 e. The molecular formula is C12H20N2O. The summed E-state index contributed by atoms with van der Waals surface area (Å²) in [5.74, 6) is 2.77. The van der Waals surface area contributed by atoms with E-state index < -0.39 is 5.54 Å². The molecule has 1 saturated heterocycles. The molecule has 1 aliphatic rings. The predicted octanol–water partition coefficient (Wildman–Crippen LogP) is 0.902. The fourth-order valence-corrected chi connectivity index (χ4v) is 1.82. The highest BCUT2D eigenvalue weighted by molar-refractivity contribution is 5.80. The van der Waals surface area contributed by atoms with Gasteiger partial charge in [0.25, 0.3) is 0 Å². The molecule has 1 aliphatic heterocycles. The first kappa shape index (κ1) is 12.1. The monoisotopic (exact) mass is 208 g/mol. The van der Waals surface area contributed by atoms with Crippen LogP contribution < -0.4 is 10.6 Å². The Balaban J connectivity index is 2.50. The third kappa shape index (κ3) is 3.56. The predicted molar refractivity (Wildman–Crippen MR) is 61.2 cm³/mol. The van der Waals surface area contributed by atoms with Crippen molar-refractivity contribution >= 4 is 5.91 Å². The zero-order chi connectivity index (χ0) is 11.5. The quantitative estimate of drug-likeness (QED) is 0.662. The lowest BCUT2D eigenvalue weighted by Crippen LogP contribution is -2.48. The second-order valence-corrected chi connectivity index (χ2v) is 4.84. The second-order valence-electron chi connectivity index (χ2n) is 4.84. The Labute approximate surface area is 92.0 Å². The van der Waals surface area contributed by atoms with Crippen molar-refractivity contribution in [3.05, 3.63) is 0 Å². The van der Waals surface area contributed by atoms with E-state index in [9.17, 15) is 4.79 Å². The minimum atomic E-state index is -0.537. The van der Waals surface area contributed by atoms with Gasteiger partial charge < -0.3 is 10.6 Å². The van der Waals surface area contributed by atoms with Gasteiger partial charge in [0.1, 0.15) is 0 Å². The Morgan fingerprint density at radius 3 is 2.80 bits per heavy atom. The number of rotatable bonds is 2. The highest BCUT2D eigenvalue weighted by atomic mass is 16.2. The SMILES string of the molecule is C#CC(C)(C)NC(=O)C1CCNC(C)C1. The first-order chi connectivity index (χ1) is 6.94. The van der Waals surface area contributed by atoms with E-state index >= 15 is 0 Å². The van der Waals surface area contributed by atoms with E-state index in [1.807, 2.05) is 13.8 Å². The van der Waals surface area contributed by atoms with Crippen molar-refractivity contribution in [3.8, 4) is 12.3 Å². The molecule has 1 heterocycles. The van der Waals surface area contributed by atoms with Gasteiger partial charge in [0.15, 0.2) is 0 Å². The Morgan fingerprint density at radius 2 is 2.27 bits per heavy atom. The smallest absolute Gasteiger partial charge is 0.224 e. The van der Waals surface area contributed by atoms with Gasteiger partial charge in [-0.2, -0.15) is 0 Å². The molecule has 0 aliphatic carbocycles. The maximum atomic E-state index is 11.9. The Bertz CT molecular complexity index is 278. The van der Waals surface area contributed by atoms with Gasteiger partial charge in [0.05, 0.1) is 5.54 Å². The highest BCUT2D eigenvalue weighted by Gasteiger charge is 2.27. The van der Waals surface area contributed by atoms with Crippen LogP contribution in [0.4, 0.5) is 0 Å². The first-order valence-electron chi connectivity index (χ1n) is 5.48. The summed E-state index contributed by atoms with van der Waals surface area (Å²) in [6, 6.07) is 0.420. The van der Waals surface area contributed by atoms with E-state index in [-0.39, 0.29) is 11.8 Å². The normalized spacial score (nSPS) is 26.8. The second kappa shape index (κ2) is 4.67. The van der Waals surface area contributed by atoms with E-state index in [2.05, 4.69) is 23.5 Å². The Hall–Kier alpha value is -1.01. The number of nitrogens with one attached hydrogen (secondary N) is 2. The zero-order valence-electron chi connectivity index (χ0n) is 9.76. The van der Waals surface area contributed by atoms with E-state index in [0.717, 1.165) is 19.4 Å². The lowest BCUT2D eigenvalue weighted by atomic mass is 9.91. The molecule has 2 unspecified atom stereocenters. The molecule has 0 radical (unpaired) electrons. The van der Waals surface area contributed by atoms with Gasteiger partial charge in [0.2, 0.25) is 5.91 Å². The molecule has 3 heteroatoms. The standard InChI is InChI=1S/C12H20N2O/c1-5-12(3,4)14-11(15)10-6-7-13-9(2)8-10/h1,9-10,13H,6-8H2,2-4H3,(H,14,15). The van der Waals surface area contributed by atoms with Crippen LogP contribution in [0.1, 0.15) is 33.6 Å². The minimum Gasteiger partial charge on any atom is -0.340 e. The lowest BCUT2D eigenvalue weighted by molar-refractivity contribution is -0.127. The molecule has 84 valence electrons. The average molecular weight is 208 g/mol. The van der Waals surface area contributed by atoms with Crippen molar-refractivity contribution in [2.24, 2.45) is 5.92 Å². The summed E-state index contributed by atoms with van der Waals surface area (Å²) in [5.41, 5.74) is -0.537. The summed E-state index contributed by atoms with van der Waals surface area (Å²) in [5, 5.41) is 6.22. The van der Waals surface area contributed by atoms with Crippen LogP contribution in [-0.4, -0.2) is 24.0 Å². The van der Waals surface area contributed by atoms with Gasteiger partial charge in [-0.1, -0.05) is 5.92 Å². The first-order valence-corrected chi connectivity index (χ1v) is 5.48. The fraction of sp³-hybridized carbons (Fsp3) is 0.750. The number of carbonyl (C=O) groups excluding carboxylic acids is 1. The van der Waals surface area contributed by atoms with Gasteiger partial charge in [-0.05, 0) is 40.2 Å². The maximum absolute atomic E-state index is 11.9. The molecule has 1 rings (SSSR count). The zero-order valence-corrected chi connectivity index (χ0v) is 9.76. The van der Waals surface area contributed by atoms with Crippen molar-refractivity contribution in [2.45, 2.75) is 45.2 Å². The molecule has 2 N–H and O–H groups in total. The molecule has 3 nitrogen and oxygen atoms in total. The summed E-state index contributed by atoms with van der Waals surface area (Å²) in [4.78, 5) is 11.9. The Kier molecular flexibility index (Phi) is 3.76. The minimum absolute atomic E-state index is 0.0892. The largest absolute Gasteiger partial charge is 0.340 e. The fourth-order valence-electron chi connectivity index (χ4n) is 1.82. The highest BCUT2D eigenvalue weighted by Crippen LogP contribution is 2.17. The Morgan fingerprint density at radius 1 is 1.60 bits per heavy atom. The van der Waals surface area contributed by atoms with Crippen molar-refractivity contribution in [3.63, 3.8) is 0 Å². The summed E-state index contributed by atoms with van der Waals surface area (Å²) < 4.78 is 0. The van der Waals surface area contributed by atoms with Crippen molar-refractivity contribution in [1.29, 1.82) is 0 Å². The molecule has 1 fully saturated rings. The van der Waals surface area contributed by atoms with Crippen molar-refractivity contribution in [2.75, 3.05) is 6.54 Å². The molecule has 0 bridgehead atoms. The lowest BCUT2D eigenvalue weighted by Gasteiger charge is -2.29. The van der Waals surface area contributed by atoms with Crippen LogP contribution in [0.5, 0.6) is 0 Å². The van der Waals surface area contributed by atoms with Crippen LogP contribution in [0.15, 0.2) is 0 Å². The van der Waals surface area contributed by atoms with Crippen LogP contribution in [0.25, 0.3) is 0 Å². The summed E-state index contributed by atoms with van der Waals surface area (Å²) in [7, 11) is 0. The molecule has 15 heavy (non-hydrogen) atoms. The van der Waals surface area contributed by atoms with Crippen LogP contribution in [0.3, 0.4) is 0 Å². The number of hydrogen-bond donors (Lipinski definition) is 2. The third-order valence-electron chi connectivity index (χ3n) is 2.79. The summed E-state index contributed by atoms with van der Waals surface area (Å²) >= 11 is 0. The number of hydrogen-bond acceptors (Lipinski definition) is 2. The molecule has 0 aromatic heterocycles. The molecular weight excluding hydrogens is 188 g/mol. The number of piperidine rings is 1. The van der Waals surface area contributed by atoms with Gasteiger partial charge in [-0.15, -0.1) is 6.42 Å². The van der Waals surface area contributed by atoms with E-state index in [0.29, 0.717) is 6.04 Å². The van der Waals surface area contributed by atoms with E-state index in [1.165, 1.54) is 0 Å². The van der Waals surface area contributed by atoms with Crippen LogP contribution in [0.2, 0.25) is 0 Å². The summed E-state index contributed by atoms with van der Waals surface area (Å²) in [6.07, 6.45) is 7.13. The van der Waals surface area contributed by atoms with E-state index in [1.54, 1.807) is 0 Å². The van der Waals surface area contributed by atoms with Gasteiger partial charge in [-0.25, -0.2) is 0 Å². The van der Waals surface area contributed by atoms with Crippen LogP contribution >= 0.6 is 0 Å². The van der Waals surface area contributed by atoms with Crippen LogP contribution in [-0.2, 0) is 4.79 Å². The van der Waals surface area contributed by atoms with Crippen molar-refractivity contribution in [1.82, 2.24) is 10.6 Å². The molecule has 0 aromatic rings. The number of amides is 1. The van der Waals surface area contributed by atoms with Crippen LogP contribution in [0, 0.1) is 18.3 Å². The molecule has 0 saturated carbocycles. The number of terminal acetylenes is 1. The number of carbonyl (C=O) groups is 1. The van der Waals surface area contributed by atoms with Gasteiger partial charge in [-0.3, -0.25) is 4.79 Å². The molecule has 0 spiro atoms. The molecule has 2 atom stereocenters. The molecule has 1 amide bonds. The molecule has 0 aromatic carbocycles. The third-order valence-corrected chi connectivity index (χ3v) is 2.79. The average Bonchev–Trinajstić information content (AvgIpc) is 2.17. The summed E-state index contributed by atoms with van der Waals surface area (Å²) in [6.45, 7) is 6.70. The van der Waals surface area contributed by atoms with Crippen molar-refractivity contribution < 1.29 is 4.79 Å². The van der Waals surface area contributed by atoms with Gasteiger partial charge in [0, 0.05) is 12.0 Å².